The Morgan fingerprint density at radius 2 is 1.54 bits per heavy atom. The van der Waals surface area contributed by atoms with Crippen molar-refractivity contribution in [2.45, 2.75) is 57.7 Å². The van der Waals surface area contributed by atoms with Crippen molar-refractivity contribution in [3.63, 3.8) is 0 Å². The number of carbonyl (C=O) groups is 5. The Labute approximate surface area is 168 Å². The Bertz CT molecular complexity index is 557. The molecule has 0 radical (unpaired) electrons. The van der Waals surface area contributed by atoms with Crippen LogP contribution in [-0.2, 0) is 24.0 Å². The Balaban J connectivity index is 5.17. The molecule has 0 aliphatic carbocycles. The number of carboxylic acids is 2. The summed E-state index contributed by atoms with van der Waals surface area (Å²) in [6.07, 6.45) is 2.19. The molecule has 5 N–H and O–H groups in total. The van der Waals surface area contributed by atoms with Gasteiger partial charge in [-0.25, -0.2) is 4.79 Å². The fourth-order valence-corrected chi connectivity index (χ4v) is 2.85. The topological polar surface area (TPSA) is 162 Å². The third-order valence-corrected chi connectivity index (χ3v) is 4.44. The van der Waals surface area contributed by atoms with Crippen LogP contribution < -0.4 is 16.0 Å². The first-order valence-electron chi connectivity index (χ1n) is 8.86. The van der Waals surface area contributed by atoms with E-state index in [9.17, 15) is 29.1 Å². The van der Waals surface area contributed by atoms with Gasteiger partial charge >= 0.3 is 11.9 Å². The van der Waals surface area contributed by atoms with Gasteiger partial charge in [0.1, 0.15) is 18.1 Å². The van der Waals surface area contributed by atoms with E-state index < -0.39 is 48.3 Å². The summed E-state index contributed by atoms with van der Waals surface area (Å²) in [5.41, 5.74) is 0. The van der Waals surface area contributed by atoms with E-state index in [0.717, 1.165) is 0 Å². The second kappa shape index (κ2) is 13.8. The molecule has 3 amide bonds. The van der Waals surface area contributed by atoms with Crippen molar-refractivity contribution in [3.05, 3.63) is 0 Å². The van der Waals surface area contributed by atoms with Gasteiger partial charge in [0.05, 0.1) is 0 Å². The summed E-state index contributed by atoms with van der Waals surface area (Å²) in [6.45, 7) is 3.67. The van der Waals surface area contributed by atoms with Crippen LogP contribution in [0, 0.1) is 5.92 Å². The molecule has 0 aromatic carbocycles. The zero-order chi connectivity index (χ0) is 21.7. The van der Waals surface area contributed by atoms with Gasteiger partial charge in [0.25, 0.3) is 0 Å². The fourth-order valence-electron chi connectivity index (χ4n) is 2.38. The number of carbonyl (C=O) groups excluding carboxylic acids is 3. The van der Waals surface area contributed by atoms with Gasteiger partial charge in [0.2, 0.25) is 18.2 Å². The van der Waals surface area contributed by atoms with Crippen molar-refractivity contribution in [1.29, 1.82) is 0 Å². The van der Waals surface area contributed by atoms with E-state index in [-0.39, 0.29) is 18.8 Å². The minimum absolute atomic E-state index is 0.0158. The molecule has 0 saturated heterocycles. The van der Waals surface area contributed by atoms with E-state index in [4.69, 9.17) is 5.11 Å². The number of hydrogen-bond acceptors (Lipinski definition) is 6. The van der Waals surface area contributed by atoms with Gasteiger partial charge < -0.3 is 26.2 Å². The Morgan fingerprint density at radius 3 is 2.00 bits per heavy atom. The third kappa shape index (κ3) is 10.8. The van der Waals surface area contributed by atoms with Gasteiger partial charge in [-0.2, -0.15) is 11.8 Å². The molecule has 10 nitrogen and oxygen atoms in total. The van der Waals surface area contributed by atoms with Crippen LogP contribution in [0.2, 0.25) is 0 Å². The average Bonchev–Trinajstić information content (AvgIpc) is 2.60. The largest absolute Gasteiger partial charge is 0.481 e. The molecule has 0 unspecified atom stereocenters. The number of rotatable bonds is 15. The standard InChI is InChI=1S/C17H29N3O7S/c1-10(2)8-13(20-15(24)11(18-9-21)6-7-28-3)16(25)19-12(17(26)27)4-5-14(22)23/h9-13H,4-8H2,1-3H3,(H,18,21)(H,19,25)(H,20,24)(H,22,23)(H,26,27)/t11-,12+,13+/m0/s1. The van der Waals surface area contributed by atoms with Gasteiger partial charge in [-0.15, -0.1) is 0 Å². The number of nitrogens with one attached hydrogen (secondary N) is 3. The minimum Gasteiger partial charge on any atom is -0.481 e. The zero-order valence-electron chi connectivity index (χ0n) is 16.3. The van der Waals surface area contributed by atoms with Crippen molar-refractivity contribution in [2.75, 3.05) is 12.0 Å². The monoisotopic (exact) mass is 419 g/mol. The van der Waals surface area contributed by atoms with Crippen LogP contribution in [0.1, 0.15) is 39.5 Å². The van der Waals surface area contributed by atoms with Gasteiger partial charge in [-0.05, 0) is 37.2 Å². The van der Waals surface area contributed by atoms with Crippen molar-refractivity contribution < 1.29 is 34.2 Å². The maximum absolute atomic E-state index is 12.5. The maximum atomic E-state index is 12.5. The lowest BCUT2D eigenvalue weighted by molar-refractivity contribution is -0.143. The van der Waals surface area contributed by atoms with Crippen molar-refractivity contribution >= 4 is 41.9 Å². The molecule has 28 heavy (non-hydrogen) atoms. The molecular formula is C17H29N3O7S. The lowest BCUT2D eigenvalue weighted by Gasteiger charge is -2.24. The van der Waals surface area contributed by atoms with Crippen molar-refractivity contribution in [3.8, 4) is 0 Å². The molecule has 11 heteroatoms. The number of carboxylic acid groups (broad SMARTS) is 2. The van der Waals surface area contributed by atoms with Crippen LogP contribution in [0.4, 0.5) is 0 Å². The first-order chi connectivity index (χ1) is 13.1. The molecule has 0 rings (SSSR count). The maximum Gasteiger partial charge on any atom is 0.326 e. The van der Waals surface area contributed by atoms with E-state index >= 15 is 0 Å². The molecule has 0 bridgehead atoms. The van der Waals surface area contributed by atoms with Crippen LogP contribution in [0.3, 0.4) is 0 Å². The smallest absolute Gasteiger partial charge is 0.326 e. The molecule has 0 aromatic rings. The van der Waals surface area contributed by atoms with Crippen LogP contribution >= 0.6 is 11.8 Å². The van der Waals surface area contributed by atoms with Crippen molar-refractivity contribution in [2.24, 2.45) is 5.92 Å². The highest BCUT2D eigenvalue weighted by Gasteiger charge is 2.29. The average molecular weight is 420 g/mol. The van der Waals surface area contributed by atoms with Crippen LogP contribution in [-0.4, -0.2) is 70.5 Å². The first-order valence-corrected chi connectivity index (χ1v) is 10.3. The second-order valence-electron chi connectivity index (χ2n) is 6.64. The Morgan fingerprint density at radius 1 is 0.964 bits per heavy atom. The molecule has 0 aromatic heterocycles. The highest BCUT2D eigenvalue weighted by atomic mass is 32.2. The quantitative estimate of drug-likeness (QED) is 0.228. The highest BCUT2D eigenvalue weighted by Crippen LogP contribution is 2.08. The molecule has 0 aliphatic heterocycles. The molecule has 160 valence electrons. The van der Waals surface area contributed by atoms with E-state index in [1.54, 1.807) is 0 Å². The van der Waals surface area contributed by atoms with Crippen LogP contribution in [0.15, 0.2) is 0 Å². The third-order valence-electron chi connectivity index (χ3n) is 3.80. The van der Waals surface area contributed by atoms with E-state index in [0.29, 0.717) is 18.6 Å². The summed E-state index contributed by atoms with van der Waals surface area (Å²) < 4.78 is 0. The SMILES string of the molecule is CSCC[C@H](NC=O)C(=O)N[C@H](CC(C)C)C(=O)N[C@H](CCC(=O)O)C(=O)O. The molecule has 0 heterocycles. The number of aliphatic carboxylic acids is 2. The normalized spacial score (nSPS) is 13.9. The minimum atomic E-state index is -1.38. The second-order valence-corrected chi connectivity index (χ2v) is 7.63. The summed E-state index contributed by atoms with van der Waals surface area (Å²) >= 11 is 1.50. The van der Waals surface area contributed by atoms with E-state index in [1.807, 2.05) is 20.1 Å². The lowest BCUT2D eigenvalue weighted by atomic mass is 10.0. The predicted molar refractivity (Wildman–Crippen MR) is 104 cm³/mol. The summed E-state index contributed by atoms with van der Waals surface area (Å²) in [7, 11) is 0. The summed E-state index contributed by atoms with van der Waals surface area (Å²) in [4.78, 5) is 57.7. The lowest BCUT2D eigenvalue weighted by Crippen LogP contribution is -2.55. The van der Waals surface area contributed by atoms with Crippen LogP contribution in [0.5, 0.6) is 0 Å². The number of thioether (sulfide) groups is 1. The van der Waals surface area contributed by atoms with E-state index in [2.05, 4.69) is 16.0 Å². The Hall–Kier alpha value is -2.30. The molecule has 0 aliphatic rings. The molecular weight excluding hydrogens is 390 g/mol. The van der Waals surface area contributed by atoms with Gasteiger partial charge in [0, 0.05) is 6.42 Å². The van der Waals surface area contributed by atoms with Crippen molar-refractivity contribution in [1.82, 2.24) is 16.0 Å². The Kier molecular flexibility index (Phi) is 12.7. The molecule has 0 spiro atoms. The number of hydrogen-bond donors (Lipinski definition) is 5. The van der Waals surface area contributed by atoms with Gasteiger partial charge in [-0.1, -0.05) is 13.8 Å². The summed E-state index contributed by atoms with van der Waals surface area (Å²) in [5, 5.41) is 25.2. The summed E-state index contributed by atoms with van der Waals surface area (Å²) in [6, 6.07) is -3.20. The van der Waals surface area contributed by atoms with E-state index in [1.165, 1.54) is 11.8 Å². The first kappa shape index (κ1) is 25.7. The van der Waals surface area contributed by atoms with Gasteiger partial charge in [0.15, 0.2) is 0 Å². The number of amides is 3. The molecule has 3 atom stereocenters. The zero-order valence-corrected chi connectivity index (χ0v) is 17.1. The van der Waals surface area contributed by atoms with Crippen LogP contribution in [0.25, 0.3) is 0 Å². The fraction of sp³-hybridized carbons (Fsp3) is 0.706. The van der Waals surface area contributed by atoms with Gasteiger partial charge in [-0.3, -0.25) is 19.2 Å². The highest BCUT2D eigenvalue weighted by molar-refractivity contribution is 7.98. The predicted octanol–water partition coefficient (Wildman–Crippen LogP) is -0.181. The summed E-state index contributed by atoms with van der Waals surface area (Å²) in [5.74, 6) is -3.15. The molecule has 0 saturated carbocycles. The molecule has 0 fully saturated rings.